The number of nitrogens with zero attached hydrogens (tertiary/aromatic N) is 1. The third-order valence-electron chi connectivity index (χ3n) is 1.33. The minimum Gasteiger partial charge on any atom is -0.404 e. The Morgan fingerprint density at radius 3 is 2.46 bits per heavy atom. The van der Waals surface area contributed by atoms with Gasteiger partial charge >= 0.3 is 6.36 Å². The highest BCUT2D eigenvalue weighted by Gasteiger charge is 2.32. The summed E-state index contributed by atoms with van der Waals surface area (Å²) in [7, 11) is 0. The Kier molecular flexibility index (Phi) is 2.40. The average molecular weight is 195 g/mol. The van der Waals surface area contributed by atoms with E-state index < -0.39 is 17.9 Å². The van der Waals surface area contributed by atoms with Crippen molar-refractivity contribution in [2.75, 3.05) is 0 Å². The SMILES string of the molecule is Cc1c(F)cncc1OC(F)(F)F. The average Bonchev–Trinajstić information content (AvgIpc) is 1.96. The van der Waals surface area contributed by atoms with E-state index in [2.05, 4.69) is 9.72 Å². The molecule has 13 heavy (non-hydrogen) atoms. The van der Waals surface area contributed by atoms with Gasteiger partial charge in [0.2, 0.25) is 0 Å². The zero-order chi connectivity index (χ0) is 10.1. The van der Waals surface area contributed by atoms with Crippen molar-refractivity contribution in [2.24, 2.45) is 0 Å². The Morgan fingerprint density at radius 1 is 1.31 bits per heavy atom. The van der Waals surface area contributed by atoms with E-state index in [1.165, 1.54) is 6.92 Å². The van der Waals surface area contributed by atoms with Crippen LogP contribution in [0.4, 0.5) is 17.6 Å². The van der Waals surface area contributed by atoms with E-state index >= 15 is 0 Å². The lowest BCUT2D eigenvalue weighted by Gasteiger charge is -2.10. The molecule has 6 heteroatoms. The van der Waals surface area contributed by atoms with Crippen molar-refractivity contribution in [3.63, 3.8) is 0 Å². The van der Waals surface area contributed by atoms with Crippen LogP contribution in [0, 0.1) is 12.7 Å². The fourth-order valence-corrected chi connectivity index (χ4v) is 0.709. The predicted molar refractivity (Wildman–Crippen MR) is 35.6 cm³/mol. The molecule has 0 atom stereocenters. The topological polar surface area (TPSA) is 22.1 Å². The van der Waals surface area contributed by atoms with Crippen LogP contribution in [0.2, 0.25) is 0 Å². The first-order valence-corrected chi connectivity index (χ1v) is 3.26. The number of alkyl halides is 3. The second kappa shape index (κ2) is 3.20. The van der Waals surface area contributed by atoms with Crippen LogP contribution >= 0.6 is 0 Å². The van der Waals surface area contributed by atoms with Gasteiger partial charge < -0.3 is 4.74 Å². The fraction of sp³-hybridized carbons (Fsp3) is 0.286. The van der Waals surface area contributed by atoms with Crippen molar-refractivity contribution in [1.82, 2.24) is 4.98 Å². The second-order valence-corrected chi connectivity index (χ2v) is 2.29. The fourth-order valence-electron chi connectivity index (χ4n) is 0.709. The van der Waals surface area contributed by atoms with Crippen molar-refractivity contribution < 1.29 is 22.3 Å². The predicted octanol–water partition coefficient (Wildman–Crippen LogP) is 2.43. The summed E-state index contributed by atoms with van der Waals surface area (Å²) in [5.74, 6) is -1.45. The second-order valence-electron chi connectivity index (χ2n) is 2.29. The van der Waals surface area contributed by atoms with Gasteiger partial charge in [0, 0.05) is 5.56 Å². The first kappa shape index (κ1) is 9.76. The van der Waals surface area contributed by atoms with Gasteiger partial charge in [-0.2, -0.15) is 0 Å². The van der Waals surface area contributed by atoms with Gasteiger partial charge in [-0.15, -0.1) is 13.2 Å². The molecule has 1 aromatic rings. The van der Waals surface area contributed by atoms with Crippen LogP contribution in [-0.2, 0) is 0 Å². The molecule has 1 aromatic heterocycles. The summed E-state index contributed by atoms with van der Waals surface area (Å²) >= 11 is 0. The summed E-state index contributed by atoms with van der Waals surface area (Å²) in [5.41, 5.74) is -0.215. The molecule has 0 aliphatic heterocycles. The number of pyridine rings is 1. The highest BCUT2D eigenvalue weighted by atomic mass is 19.4. The lowest BCUT2D eigenvalue weighted by atomic mass is 10.3. The highest BCUT2D eigenvalue weighted by molar-refractivity contribution is 5.29. The summed E-state index contributed by atoms with van der Waals surface area (Å²) in [6, 6.07) is 0. The van der Waals surface area contributed by atoms with Crippen LogP contribution in [-0.4, -0.2) is 11.3 Å². The van der Waals surface area contributed by atoms with Gasteiger partial charge in [-0.25, -0.2) is 4.39 Å². The Labute approximate surface area is 71.2 Å². The van der Waals surface area contributed by atoms with Crippen molar-refractivity contribution in [1.29, 1.82) is 0 Å². The van der Waals surface area contributed by atoms with Crippen LogP contribution in [0.25, 0.3) is 0 Å². The minimum atomic E-state index is -4.82. The molecule has 0 fully saturated rings. The third-order valence-corrected chi connectivity index (χ3v) is 1.33. The lowest BCUT2D eigenvalue weighted by molar-refractivity contribution is -0.275. The molecule has 0 amide bonds. The monoisotopic (exact) mass is 195 g/mol. The molecule has 0 radical (unpaired) electrons. The van der Waals surface area contributed by atoms with Crippen molar-refractivity contribution in [2.45, 2.75) is 13.3 Å². The van der Waals surface area contributed by atoms with E-state index in [0.717, 1.165) is 12.4 Å². The largest absolute Gasteiger partial charge is 0.573 e. The van der Waals surface area contributed by atoms with E-state index in [0.29, 0.717) is 0 Å². The lowest BCUT2D eigenvalue weighted by Crippen LogP contribution is -2.18. The number of halogens is 4. The number of hydrogen-bond donors (Lipinski definition) is 0. The Balaban J connectivity index is 2.96. The third kappa shape index (κ3) is 2.57. The Morgan fingerprint density at radius 2 is 1.92 bits per heavy atom. The zero-order valence-electron chi connectivity index (χ0n) is 6.52. The maximum Gasteiger partial charge on any atom is 0.573 e. The molecule has 0 aliphatic rings. The maximum absolute atomic E-state index is 12.6. The zero-order valence-corrected chi connectivity index (χ0v) is 6.52. The van der Waals surface area contributed by atoms with Gasteiger partial charge in [0.25, 0.3) is 0 Å². The van der Waals surface area contributed by atoms with Crippen molar-refractivity contribution >= 4 is 0 Å². The first-order valence-electron chi connectivity index (χ1n) is 3.26. The quantitative estimate of drug-likeness (QED) is 0.642. The Hall–Kier alpha value is -1.33. The summed E-state index contributed by atoms with van der Waals surface area (Å²) in [6.45, 7) is 1.18. The number of hydrogen-bond acceptors (Lipinski definition) is 2. The van der Waals surface area contributed by atoms with Gasteiger partial charge in [0.1, 0.15) is 5.82 Å². The number of ether oxygens (including phenoxy) is 1. The molecule has 0 bridgehead atoms. The normalized spacial score (nSPS) is 11.5. The summed E-state index contributed by atoms with van der Waals surface area (Å²) in [5, 5.41) is 0. The van der Waals surface area contributed by atoms with Crippen LogP contribution in [0.15, 0.2) is 12.4 Å². The standard InChI is InChI=1S/C7H5F4NO/c1-4-5(8)2-12-3-6(4)13-7(9,10)11/h2-3H,1H3. The molecular weight excluding hydrogens is 190 g/mol. The number of rotatable bonds is 1. The molecule has 72 valence electrons. The molecule has 0 saturated carbocycles. The molecular formula is C7H5F4NO. The van der Waals surface area contributed by atoms with Gasteiger partial charge in [0.05, 0.1) is 12.4 Å². The van der Waals surface area contributed by atoms with Crippen molar-refractivity contribution in [3.8, 4) is 5.75 Å². The molecule has 0 spiro atoms. The molecule has 1 heterocycles. The Bertz CT molecular complexity index is 310. The molecule has 0 aromatic carbocycles. The molecule has 0 saturated heterocycles. The van der Waals surface area contributed by atoms with Gasteiger partial charge in [0.15, 0.2) is 5.75 Å². The van der Waals surface area contributed by atoms with Crippen LogP contribution in [0.1, 0.15) is 5.56 Å². The summed E-state index contributed by atoms with van der Waals surface area (Å²) in [6.07, 6.45) is -3.19. The van der Waals surface area contributed by atoms with Gasteiger partial charge in [-0.05, 0) is 6.92 Å². The van der Waals surface area contributed by atoms with Crippen LogP contribution in [0.3, 0.4) is 0 Å². The van der Waals surface area contributed by atoms with Crippen molar-refractivity contribution in [3.05, 3.63) is 23.8 Å². The molecule has 2 nitrogen and oxygen atoms in total. The minimum absolute atomic E-state index is 0.215. The molecule has 0 unspecified atom stereocenters. The van der Waals surface area contributed by atoms with Gasteiger partial charge in [-0.1, -0.05) is 0 Å². The van der Waals surface area contributed by atoms with E-state index in [1.807, 2.05) is 0 Å². The summed E-state index contributed by atoms with van der Waals surface area (Å²) in [4.78, 5) is 3.23. The molecule has 0 aliphatic carbocycles. The summed E-state index contributed by atoms with van der Waals surface area (Å²) < 4.78 is 51.2. The van der Waals surface area contributed by atoms with Gasteiger partial charge in [-0.3, -0.25) is 4.98 Å². The smallest absolute Gasteiger partial charge is 0.404 e. The molecule has 0 N–H and O–H groups in total. The first-order chi connectivity index (χ1) is 5.90. The van der Waals surface area contributed by atoms with E-state index in [-0.39, 0.29) is 5.56 Å². The highest BCUT2D eigenvalue weighted by Crippen LogP contribution is 2.25. The number of aromatic nitrogens is 1. The van der Waals surface area contributed by atoms with E-state index in [1.54, 1.807) is 0 Å². The van der Waals surface area contributed by atoms with Crippen LogP contribution in [0.5, 0.6) is 5.75 Å². The van der Waals surface area contributed by atoms with E-state index in [4.69, 9.17) is 0 Å². The van der Waals surface area contributed by atoms with Crippen LogP contribution < -0.4 is 4.74 Å². The molecule has 1 rings (SSSR count). The van der Waals surface area contributed by atoms with E-state index in [9.17, 15) is 17.6 Å². The maximum atomic E-state index is 12.6.